The Kier molecular flexibility index (Phi) is 16.6. The monoisotopic (exact) mass is 605 g/mol. The van der Waals surface area contributed by atoms with Crippen LogP contribution in [0.15, 0.2) is 30.3 Å². The maximum atomic E-state index is 13.4. The van der Waals surface area contributed by atoms with Crippen LogP contribution in [0.2, 0.25) is 0 Å². The molecule has 3 aromatic carbocycles. The first kappa shape index (κ1) is 35.5. The fourth-order valence-electron chi connectivity index (χ4n) is 1.96. The van der Waals surface area contributed by atoms with Gasteiger partial charge < -0.3 is 37.2 Å². The molecule has 171 valence electrons. The van der Waals surface area contributed by atoms with E-state index in [9.17, 15) is 43.9 Å². The van der Waals surface area contributed by atoms with E-state index in [1.165, 1.54) is 0 Å². The minimum atomic E-state index is -2.55. The van der Waals surface area contributed by atoms with Crippen LogP contribution in [0.3, 0.4) is 0 Å². The zero-order valence-electron chi connectivity index (χ0n) is 14.9. The Bertz CT molecular complexity index is 876. The molecule has 0 aliphatic heterocycles. The van der Waals surface area contributed by atoms with Gasteiger partial charge in [-0.15, -0.1) is 0 Å². The van der Waals surface area contributed by atoms with E-state index in [1.807, 2.05) is 30.3 Å². The molecule has 0 saturated carbocycles. The van der Waals surface area contributed by atoms with Crippen molar-refractivity contribution < 1.29 is 107 Å². The van der Waals surface area contributed by atoms with Gasteiger partial charge in [-0.2, -0.15) is 18.2 Å². The topological polar surface area (TPSA) is 0 Å². The zero-order valence-corrected chi connectivity index (χ0v) is 19.6. The molecule has 0 saturated heterocycles. The van der Waals surface area contributed by atoms with Gasteiger partial charge in [-0.3, -0.25) is 0 Å². The van der Waals surface area contributed by atoms with Gasteiger partial charge in [0, 0.05) is 0 Å². The van der Waals surface area contributed by atoms with Gasteiger partial charge in [-0.1, -0.05) is 0 Å². The first-order chi connectivity index (χ1) is 13.1. The first-order valence-corrected chi connectivity index (χ1v) is 7.13. The molecule has 0 aliphatic carbocycles. The summed E-state index contributed by atoms with van der Waals surface area (Å²) in [6.45, 7) is 0. The minimum Gasteiger partial charge on any atom is -1.00 e. The molecule has 0 spiro atoms. The zero-order chi connectivity index (χ0) is 21.2. The molecule has 3 rings (SSSR count). The number of halogens is 13. The summed E-state index contributed by atoms with van der Waals surface area (Å²) in [6, 6.07) is 10.0. The van der Waals surface area contributed by atoms with Crippen LogP contribution < -0.4 is 48.1 Å². The van der Waals surface area contributed by atoms with Crippen LogP contribution in [0, 0.1) is 58.2 Å². The summed E-state index contributed by atoms with van der Waals surface area (Å²) in [5.41, 5.74) is -3.71. The van der Waals surface area contributed by atoms with Crippen LogP contribution in [0.5, 0.6) is 0 Å². The largest absolute Gasteiger partial charge is 4.00 e. The van der Waals surface area contributed by atoms with Crippen LogP contribution in [0.1, 0.15) is 0 Å². The molecular weight excluding hydrogens is 603 g/mol. The molecule has 0 N–H and O–H groups in total. The van der Waals surface area contributed by atoms with Gasteiger partial charge in [0.25, 0.3) is 0 Å². The van der Waals surface area contributed by atoms with Crippen molar-refractivity contribution in [3.63, 3.8) is 0 Å². The maximum absolute atomic E-state index is 13.4. The van der Waals surface area contributed by atoms with Crippen molar-refractivity contribution in [2.24, 2.45) is 0 Å². The van der Waals surface area contributed by atoms with E-state index in [4.69, 9.17) is 0 Å². The van der Waals surface area contributed by atoms with Crippen LogP contribution in [-0.4, -0.2) is 7.28 Å². The molecule has 0 amide bonds. The second-order valence-electron chi connectivity index (χ2n) is 5.07. The van der Waals surface area contributed by atoms with Crippen LogP contribution >= 0.6 is 0 Å². The summed E-state index contributed by atoms with van der Waals surface area (Å²) in [6.07, 6.45) is 0. The molecule has 0 aromatic heterocycles. The van der Waals surface area contributed by atoms with Gasteiger partial charge in [0.05, 0.1) is 0 Å². The van der Waals surface area contributed by atoms with E-state index in [1.54, 1.807) is 0 Å². The first-order valence-electron chi connectivity index (χ1n) is 7.13. The van der Waals surface area contributed by atoms with E-state index < -0.39 is 69.1 Å². The Morgan fingerprint density at radius 2 is 0.656 bits per heavy atom. The molecule has 0 nitrogen and oxygen atoms in total. The average Bonchev–Trinajstić information content (AvgIpc) is 3.27. The minimum absolute atomic E-state index is 0. The average molecular weight is 608 g/mol. The summed E-state index contributed by atoms with van der Waals surface area (Å²) in [5, 5.41) is 0. The van der Waals surface area contributed by atoms with Gasteiger partial charge in [0.15, 0.2) is 58.2 Å². The normalized spacial score (nSPS) is 9.19. The Morgan fingerprint density at radius 1 is 0.438 bits per heavy atom. The van der Waals surface area contributed by atoms with Crippen molar-refractivity contribution in [2.45, 2.75) is 0 Å². The molecule has 0 aliphatic rings. The fraction of sp³-hybridized carbons (Fsp3) is 0. The Labute approximate surface area is 213 Å². The predicted molar refractivity (Wildman–Crippen MR) is 79.5 cm³/mol. The van der Waals surface area contributed by atoms with E-state index in [0.29, 0.717) is 0 Å². The molecule has 0 fully saturated rings. The number of hydrogen-bond acceptors (Lipinski definition) is 0. The summed E-state index contributed by atoms with van der Waals surface area (Å²) >= 11 is 0. The van der Waals surface area contributed by atoms with Crippen molar-refractivity contribution in [3.8, 4) is 0 Å². The number of benzene rings is 2. The molecule has 1 radical (unpaired) electrons. The second kappa shape index (κ2) is 14.9. The molecule has 0 bridgehead atoms. The molecule has 0 heterocycles. The summed E-state index contributed by atoms with van der Waals surface area (Å²) in [4.78, 5) is 0. The number of hydrogen-bond donors (Lipinski definition) is 0. The van der Waals surface area contributed by atoms with Crippen LogP contribution in [0.4, 0.5) is 43.9 Å². The summed E-state index contributed by atoms with van der Waals surface area (Å²) < 4.78 is 131. The Balaban J connectivity index is -0.000000827. The SMILES string of the molecule is Fc1c(F)c(F)c([B]c2c(F)c(F)c(F)c(F)c2F)c(F)c1F.[Cl-].[Cl-].[Cl-].[Zr+4].c1cc[cH-]c1. The maximum Gasteiger partial charge on any atom is 4.00 e. The van der Waals surface area contributed by atoms with Crippen molar-refractivity contribution in [1.29, 1.82) is 0 Å². The third kappa shape index (κ3) is 7.20. The van der Waals surface area contributed by atoms with E-state index in [2.05, 4.69) is 0 Å². The summed E-state index contributed by atoms with van der Waals surface area (Å²) in [7, 11) is -0.369. The standard InChI is InChI=1S/C12BF10.C5H5.3ClH.Zr/c14-3-1(4(15)8(19)11(22)7(3)18)13-2-5(16)9(20)12(23)10(21)6(2)17;1-2-4-5-3-1;;;;/h;1-5H;3*1H;/q;-1;;;;+4/p-3. The van der Waals surface area contributed by atoms with Crippen molar-refractivity contribution in [3.05, 3.63) is 88.5 Å². The number of rotatable bonds is 2. The van der Waals surface area contributed by atoms with Gasteiger partial charge in [-0.05, 0) is 10.9 Å². The molecule has 15 heteroatoms. The molecule has 32 heavy (non-hydrogen) atoms. The quantitative estimate of drug-likeness (QED) is 0.0903. The van der Waals surface area contributed by atoms with Gasteiger partial charge in [-0.25, -0.2) is 56.0 Å². The molecule has 0 unspecified atom stereocenters. The van der Waals surface area contributed by atoms with Crippen molar-refractivity contribution in [2.75, 3.05) is 0 Å². The Morgan fingerprint density at radius 3 is 0.844 bits per heavy atom. The predicted octanol–water partition coefficient (Wildman–Crippen LogP) is -4.85. The third-order valence-corrected chi connectivity index (χ3v) is 3.33. The fourth-order valence-corrected chi connectivity index (χ4v) is 1.96. The summed E-state index contributed by atoms with van der Waals surface area (Å²) in [5.74, 6) is -24.9. The van der Waals surface area contributed by atoms with Gasteiger partial charge >= 0.3 is 26.2 Å². The van der Waals surface area contributed by atoms with E-state index in [-0.39, 0.29) is 70.7 Å². The van der Waals surface area contributed by atoms with Crippen molar-refractivity contribution in [1.82, 2.24) is 0 Å². The van der Waals surface area contributed by atoms with E-state index in [0.717, 1.165) is 0 Å². The second-order valence-corrected chi connectivity index (χ2v) is 5.07. The third-order valence-electron chi connectivity index (χ3n) is 3.33. The van der Waals surface area contributed by atoms with Crippen LogP contribution in [-0.2, 0) is 26.2 Å². The van der Waals surface area contributed by atoms with Gasteiger partial charge in [0.1, 0.15) is 0 Å². The van der Waals surface area contributed by atoms with E-state index >= 15 is 0 Å². The molecule has 3 aromatic rings. The molecular formula is C17H5BCl3F10Zr. The molecule has 0 atom stereocenters. The van der Waals surface area contributed by atoms with Crippen molar-refractivity contribution >= 4 is 18.2 Å². The van der Waals surface area contributed by atoms with Crippen LogP contribution in [0.25, 0.3) is 0 Å². The Hall–Kier alpha value is -1.09. The smallest absolute Gasteiger partial charge is 1.00 e. The van der Waals surface area contributed by atoms with Gasteiger partial charge in [0.2, 0.25) is 7.28 Å².